The number of rotatable bonds is 1. The van der Waals surface area contributed by atoms with Crippen molar-refractivity contribution in [2.24, 2.45) is 0 Å². The first kappa shape index (κ1) is 11.4. The Labute approximate surface area is 86.7 Å². The standard InChI is InChI=1S/C9H12FN3O2/c1-9(2,3)15-8(14)13-7-6(10)11-4-5-12-7/h4-5H,1-3H3,(H,12,13,14). The second-order valence-electron chi connectivity index (χ2n) is 3.82. The Balaban J connectivity index is 2.64. The minimum atomic E-state index is -0.844. The summed E-state index contributed by atoms with van der Waals surface area (Å²) in [5.74, 6) is -1.09. The van der Waals surface area contributed by atoms with Crippen LogP contribution in [0.25, 0.3) is 0 Å². The third-order valence-electron chi connectivity index (χ3n) is 1.27. The first-order valence-electron chi connectivity index (χ1n) is 4.35. The highest BCUT2D eigenvalue weighted by Gasteiger charge is 2.17. The van der Waals surface area contributed by atoms with Gasteiger partial charge in [0.2, 0.25) is 0 Å². The summed E-state index contributed by atoms with van der Waals surface area (Å²) in [5.41, 5.74) is -0.636. The van der Waals surface area contributed by atoms with Gasteiger partial charge in [0.05, 0.1) is 0 Å². The third kappa shape index (κ3) is 3.88. The van der Waals surface area contributed by atoms with Crippen molar-refractivity contribution < 1.29 is 13.9 Å². The Morgan fingerprint density at radius 2 is 2.00 bits per heavy atom. The molecule has 0 aliphatic rings. The topological polar surface area (TPSA) is 64.1 Å². The summed E-state index contributed by atoms with van der Waals surface area (Å²) in [6, 6.07) is 0. The summed E-state index contributed by atoms with van der Waals surface area (Å²) in [6.07, 6.45) is 1.70. The molecule has 0 unspecified atom stereocenters. The van der Waals surface area contributed by atoms with Crippen molar-refractivity contribution in [1.29, 1.82) is 0 Å². The van der Waals surface area contributed by atoms with Gasteiger partial charge in [-0.25, -0.2) is 14.8 Å². The Kier molecular flexibility index (Phi) is 3.18. The van der Waals surface area contributed by atoms with E-state index in [9.17, 15) is 9.18 Å². The molecule has 0 aromatic carbocycles. The molecule has 1 aromatic rings. The summed E-state index contributed by atoms with van der Waals surface area (Å²) >= 11 is 0. The SMILES string of the molecule is CC(C)(C)OC(=O)Nc1nccnc1F. The lowest BCUT2D eigenvalue weighted by atomic mass is 10.2. The number of halogens is 1. The molecule has 82 valence electrons. The molecular weight excluding hydrogens is 201 g/mol. The van der Waals surface area contributed by atoms with Crippen molar-refractivity contribution in [3.05, 3.63) is 18.3 Å². The van der Waals surface area contributed by atoms with Crippen molar-refractivity contribution >= 4 is 11.9 Å². The zero-order chi connectivity index (χ0) is 11.5. The number of carbonyl (C=O) groups is 1. The molecule has 0 fully saturated rings. The van der Waals surface area contributed by atoms with Crippen molar-refractivity contribution in [2.75, 3.05) is 5.32 Å². The molecule has 0 radical (unpaired) electrons. The maximum Gasteiger partial charge on any atom is 0.413 e. The van der Waals surface area contributed by atoms with Crippen LogP contribution in [0.5, 0.6) is 0 Å². The molecule has 15 heavy (non-hydrogen) atoms. The quantitative estimate of drug-likeness (QED) is 0.774. The number of nitrogens with one attached hydrogen (secondary N) is 1. The molecule has 5 nitrogen and oxygen atoms in total. The lowest BCUT2D eigenvalue weighted by Crippen LogP contribution is -2.27. The van der Waals surface area contributed by atoms with Gasteiger partial charge in [0, 0.05) is 12.4 Å². The van der Waals surface area contributed by atoms with Gasteiger partial charge in [-0.05, 0) is 20.8 Å². The Bertz CT molecular complexity index is 363. The third-order valence-corrected chi connectivity index (χ3v) is 1.27. The fraction of sp³-hybridized carbons (Fsp3) is 0.444. The second kappa shape index (κ2) is 4.20. The van der Waals surface area contributed by atoms with Gasteiger partial charge in [-0.2, -0.15) is 4.39 Å². The van der Waals surface area contributed by atoms with Crippen LogP contribution in [0.4, 0.5) is 15.0 Å². The number of hydrogen-bond donors (Lipinski definition) is 1. The van der Waals surface area contributed by atoms with Crippen molar-refractivity contribution in [3.63, 3.8) is 0 Å². The van der Waals surface area contributed by atoms with Crippen molar-refractivity contribution in [2.45, 2.75) is 26.4 Å². The van der Waals surface area contributed by atoms with E-state index in [-0.39, 0.29) is 5.82 Å². The molecule has 0 saturated heterocycles. The van der Waals surface area contributed by atoms with E-state index in [1.807, 2.05) is 0 Å². The Hall–Kier alpha value is -1.72. The molecule has 0 atom stereocenters. The normalized spacial score (nSPS) is 10.9. The lowest BCUT2D eigenvalue weighted by Gasteiger charge is -2.19. The fourth-order valence-corrected chi connectivity index (χ4v) is 0.805. The van der Waals surface area contributed by atoms with Crippen LogP contribution < -0.4 is 5.32 Å². The van der Waals surface area contributed by atoms with Crippen LogP contribution in [-0.4, -0.2) is 21.7 Å². The summed E-state index contributed by atoms with van der Waals surface area (Å²) < 4.78 is 17.9. The van der Waals surface area contributed by atoms with E-state index in [1.54, 1.807) is 20.8 Å². The van der Waals surface area contributed by atoms with Crippen molar-refractivity contribution in [1.82, 2.24) is 9.97 Å². The fourth-order valence-electron chi connectivity index (χ4n) is 0.805. The highest BCUT2D eigenvalue weighted by Crippen LogP contribution is 2.10. The number of aromatic nitrogens is 2. The smallest absolute Gasteiger partial charge is 0.413 e. The van der Waals surface area contributed by atoms with Crippen LogP contribution in [0.3, 0.4) is 0 Å². The van der Waals surface area contributed by atoms with Gasteiger partial charge in [0.1, 0.15) is 5.60 Å². The minimum absolute atomic E-state index is 0.244. The number of ether oxygens (including phenoxy) is 1. The highest BCUT2D eigenvalue weighted by atomic mass is 19.1. The van der Waals surface area contributed by atoms with E-state index in [0.717, 1.165) is 0 Å². The monoisotopic (exact) mass is 213 g/mol. The average molecular weight is 213 g/mol. The van der Waals surface area contributed by atoms with Gasteiger partial charge in [0.25, 0.3) is 5.95 Å². The van der Waals surface area contributed by atoms with Crippen LogP contribution in [0, 0.1) is 5.95 Å². The molecule has 0 bridgehead atoms. The van der Waals surface area contributed by atoms with Gasteiger partial charge >= 0.3 is 6.09 Å². The second-order valence-corrected chi connectivity index (χ2v) is 3.82. The van der Waals surface area contributed by atoms with E-state index in [2.05, 4.69) is 15.3 Å². The van der Waals surface area contributed by atoms with E-state index in [4.69, 9.17) is 4.74 Å². The van der Waals surface area contributed by atoms with E-state index < -0.39 is 17.6 Å². The van der Waals surface area contributed by atoms with Crippen molar-refractivity contribution in [3.8, 4) is 0 Å². The molecule has 0 aliphatic heterocycles. The molecule has 1 N–H and O–H groups in total. The summed E-state index contributed by atoms with van der Waals surface area (Å²) in [7, 11) is 0. The molecule has 1 amide bonds. The molecule has 1 rings (SSSR count). The van der Waals surface area contributed by atoms with Crippen LogP contribution >= 0.6 is 0 Å². The Morgan fingerprint density at radius 3 is 2.53 bits per heavy atom. The molecular formula is C9H12FN3O2. The maximum atomic E-state index is 12.9. The van der Waals surface area contributed by atoms with Gasteiger partial charge in [-0.1, -0.05) is 0 Å². The summed E-state index contributed by atoms with van der Waals surface area (Å²) in [5, 5.41) is 2.16. The first-order chi connectivity index (χ1) is 6.88. The van der Waals surface area contributed by atoms with Gasteiger partial charge in [-0.3, -0.25) is 5.32 Å². The van der Waals surface area contributed by atoms with Crippen LogP contribution in [-0.2, 0) is 4.74 Å². The Morgan fingerprint density at radius 1 is 1.40 bits per heavy atom. The van der Waals surface area contributed by atoms with Crippen LogP contribution in [0.15, 0.2) is 12.4 Å². The van der Waals surface area contributed by atoms with E-state index in [0.29, 0.717) is 0 Å². The minimum Gasteiger partial charge on any atom is -0.444 e. The number of nitrogens with zero attached hydrogens (tertiary/aromatic N) is 2. The zero-order valence-electron chi connectivity index (χ0n) is 8.74. The largest absolute Gasteiger partial charge is 0.444 e. The summed E-state index contributed by atoms with van der Waals surface area (Å²) in [4.78, 5) is 18.1. The highest BCUT2D eigenvalue weighted by molar-refractivity contribution is 5.83. The average Bonchev–Trinajstić information content (AvgIpc) is 2.05. The van der Waals surface area contributed by atoms with Gasteiger partial charge in [0.15, 0.2) is 5.82 Å². The maximum absolute atomic E-state index is 12.9. The summed E-state index contributed by atoms with van der Waals surface area (Å²) in [6.45, 7) is 5.12. The first-order valence-corrected chi connectivity index (χ1v) is 4.35. The lowest BCUT2D eigenvalue weighted by molar-refractivity contribution is 0.0634. The number of anilines is 1. The molecule has 0 spiro atoms. The van der Waals surface area contributed by atoms with Crippen LogP contribution in [0.2, 0.25) is 0 Å². The predicted octanol–water partition coefficient (Wildman–Crippen LogP) is 1.96. The number of carbonyl (C=O) groups excluding carboxylic acids is 1. The predicted molar refractivity (Wildman–Crippen MR) is 51.8 cm³/mol. The van der Waals surface area contributed by atoms with E-state index >= 15 is 0 Å². The molecule has 0 aliphatic carbocycles. The molecule has 0 saturated carbocycles. The van der Waals surface area contributed by atoms with Gasteiger partial charge < -0.3 is 4.74 Å². The van der Waals surface area contributed by atoms with E-state index in [1.165, 1.54) is 12.4 Å². The molecule has 1 heterocycles. The zero-order valence-corrected chi connectivity index (χ0v) is 8.74. The number of hydrogen-bond acceptors (Lipinski definition) is 4. The molecule has 6 heteroatoms. The van der Waals surface area contributed by atoms with Crippen LogP contribution in [0.1, 0.15) is 20.8 Å². The number of amides is 1. The molecule has 1 aromatic heterocycles. The van der Waals surface area contributed by atoms with Gasteiger partial charge in [-0.15, -0.1) is 0 Å².